The summed E-state index contributed by atoms with van der Waals surface area (Å²) in [5.74, 6) is 0.397. The van der Waals surface area contributed by atoms with Gasteiger partial charge in [0.05, 0.1) is 37.9 Å². The van der Waals surface area contributed by atoms with Gasteiger partial charge in [0, 0.05) is 37.2 Å². The lowest BCUT2D eigenvalue weighted by molar-refractivity contribution is -0.142. The summed E-state index contributed by atoms with van der Waals surface area (Å²) in [6, 6.07) is 12.2. The number of carbonyl (C=O) groups excluding carboxylic acids is 4. The van der Waals surface area contributed by atoms with E-state index in [4.69, 9.17) is 19.9 Å². The van der Waals surface area contributed by atoms with Crippen LogP contribution in [-0.4, -0.2) is 102 Å². The van der Waals surface area contributed by atoms with E-state index in [0.29, 0.717) is 81.4 Å². The number of nitrogens with two attached hydrogens (primary N) is 1. The molecule has 3 aliphatic heterocycles. The lowest BCUT2D eigenvalue weighted by atomic mass is 9.93. The van der Waals surface area contributed by atoms with Gasteiger partial charge < -0.3 is 35.1 Å². The van der Waals surface area contributed by atoms with E-state index in [9.17, 15) is 19.2 Å². The van der Waals surface area contributed by atoms with Crippen LogP contribution in [0.5, 0.6) is 17.2 Å². The van der Waals surface area contributed by atoms with Crippen molar-refractivity contribution in [1.82, 2.24) is 20.0 Å². The van der Waals surface area contributed by atoms with E-state index in [1.54, 1.807) is 18.2 Å². The van der Waals surface area contributed by atoms with Crippen molar-refractivity contribution in [3.05, 3.63) is 53.6 Å². The normalized spacial score (nSPS) is 21.7. The lowest BCUT2D eigenvalue weighted by Crippen LogP contribution is -2.59. The van der Waals surface area contributed by atoms with Crippen LogP contribution < -0.4 is 20.5 Å². The second kappa shape index (κ2) is 15.0. The quantitative estimate of drug-likeness (QED) is 0.493. The first kappa shape index (κ1) is 33.2. The van der Waals surface area contributed by atoms with Gasteiger partial charge in [0.1, 0.15) is 17.2 Å². The molecule has 3 N–H and O–H groups in total. The van der Waals surface area contributed by atoms with E-state index < -0.39 is 6.04 Å². The predicted molar refractivity (Wildman–Crippen MR) is 170 cm³/mol. The molecule has 248 valence electrons. The van der Waals surface area contributed by atoms with E-state index >= 15 is 0 Å². The molecule has 5 rings (SSSR count). The first-order chi connectivity index (χ1) is 22.1. The van der Waals surface area contributed by atoms with Crippen molar-refractivity contribution in [3.63, 3.8) is 0 Å². The summed E-state index contributed by atoms with van der Waals surface area (Å²) in [7, 11) is 0. The highest BCUT2D eigenvalue weighted by atomic mass is 16.5. The third-order valence-electron chi connectivity index (χ3n) is 8.62. The molecule has 12 heteroatoms. The molecule has 4 amide bonds. The highest BCUT2D eigenvalue weighted by molar-refractivity contribution is 5.97. The van der Waals surface area contributed by atoms with E-state index in [-0.39, 0.29) is 54.8 Å². The van der Waals surface area contributed by atoms with Crippen LogP contribution in [0.15, 0.2) is 42.5 Å². The zero-order valence-corrected chi connectivity index (χ0v) is 26.9. The Balaban J connectivity index is 1.36. The van der Waals surface area contributed by atoms with Gasteiger partial charge in [-0.05, 0) is 83.0 Å². The molecule has 2 atom stereocenters. The van der Waals surface area contributed by atoms with Gasteiger partial charge in [-0.15, -0.1) is 0 Å². The molecule has 2 aromatic carbocycles. The highest BCUT2D eigenvalue weighted by Crippen LogP contribution is 2.30. The molecule has 0 aliphatic carbocycles. The number of carbonyl (C=O) groups is 4. The predicted octanol–water partition coefficient (Wildman–Crippen LogP) is 2.54. The van der Waals surface area contributed by atoms with Gasteiger partial charge in [0.15, 0.2) is 0 Å². The van der Waals surface area contributed by atoms with Gasteiger partial charge in [0.2, 0.25) is 17.7 Å². The molecule has 46 heavy (non-hydrogen) atoms. The molecule has 2 saturated heterocycles. The zero-order valence-electron chi connectivity index (χ0n) is 26.9. The van der Waals surface area contributed by atoms with Crippen molar-refractivity contribution in [1.29, 1.82) is 0 Å². The number of fused-ring (bicyclic) bond motifs is 5. The molecular weight excluding hydrogens is 590 g/mol. The minimum Gasteiger partial charge on any atom is -0.491 e. The number of likely N-dealkylation sites (N-methyl/N-ethyl adjacent to an activating group) is 1. The van der Waals surface area contributed by atoms with E-state index in [0.717, 1.165) is 5.56 Å². The number of amides is 4. The number of hydrogen-bond donors (Lipinski definition) is 2. The molecule has 3 heterocycles. The van der Waals surface area contributed by atoms with Crippen LogP contribution in [0.25, 0.3) is 0 Å². The third-order valence-corrected chi connectivity index (χ3v) is 8.62. The van der Waals surface area contributed by atoms with Crippen LogP contribution in [0.2, 0.25) is 0 Å². The number of nitrogens with one attached hydrogen (secondary N) is 1. The summed E-state index contributed by atoms with van der Waals surface area (Å²) in [4.78, 5) is 57.3. The standard InChI is InChI=1S/C34H45N5O7/c1-4-38-20-32(41)36-29-18-39(33(42)24-8-11-37(12-9-24)19-31(35)40)13-10-30(29)44-21-23-6-5-7-26(14-23)46-28-16-25(34(38)43)15-27(17-28)45-22(2)3/h5-7,14-17,22,24,29-30H,4,8-13,18-21H2,1-3H3,(H2,35,40)(H,36,41)/t29-,30-/m0/s1. The molecule has 3 aliphatic rings. The van der Waals surface area contributed by atoms with Crippen LogP contribution >= 0.6 is 0 Å². The Kier molecular flexibility index (Phi) is 10.8. The Labute approximate surface area is 270 Å². The van der Waals surface area contributed by atoms with Gasteiger partial charge in [-0.25, -0.2) is 0 Å². The summed E-state index contributed by atoms with van der Waals surface area (Å²) in [6.07, 6.45) is 1.40. The fraction of sp³-hybridized carbons (Fsp3) is 0.529. The number of hydrogen-bond acceptors (Lipinski definition) is 8. The summed E-state index contributed by atoms with van der Waals surface area (Å²) in [5.41, 5.74) is 6.58. The maximum atomic E-state index is 13.7. The van der Waals surface area contributed by atoms with Gasteiger partial charge >= 0.3 is 0 Å². The van der Waals surface area contributed by atoms with Gasteiger partial charge in [0.25, 0.3) is 5.91 Å². The van der Waals surface area contributed by atoms with E-state index in [1.807, 2.05) is 54.8 Å². The first-order valence-electron chi connectivity index (χ1n) is 16.2. The topological polar surface area (TPSA) is 144 Å². The average Bonchev–Trinajstić information content (AvgIpc) is 3.02. The van der Waals surface area contributed by atoms with Gasteiger partial charge in [-0.3, -0.25) is 24.1 Å². The number of primary amides is 1. The Hall–Kier alpha value is -4.16. The van der Waals surface area contributed by atoms with Crippen molar-refractivity contribution in [2.45, 2.75) is 64.9 Å². The number of nitrogens with zero attached hydrogens (tertiary/aromatic N) is 3. The lowest BCUT2D eigenvalue weighted by Gasteiger charge is -2.41. The van der Waals surface area contributed by atoms with Crippen molar-refractivity contribution >= 4 is 23.6 Å². The maximum Gasteiger partial charge on any atom is 0.254 e. The van der Waals surface area contributed by atoms with Crippen molar-refractivity contribution in [3.8, 4) is 17.2 Å². The van der Waals surface area contributed by atoms with Crippen LogP contribution in [0.1, 0.15) is 56.0 Å². The van der Waals surface area contributed by atoms with Gasteiger partial charge in [-0.1, -0.05) is 12.1 Å². The van der Waals surface area contributed by atoms with Crippen molar-refractivity contribution in [2.24, 2.45) is 11.7 Å². The Morgan fingerprint density at radius 3 is 2.54 bits per heavy atom. The van der Waals surface area contributed by atoms with E-state index in [2.05, 4.69) is 5.32 Å². The summed E-state index contributed by atoms with van der Waals surface area (Å²) in [5, 5.41) is 3.09. The number of piperidine rings is 2. The monoisotopic (exact) mass is 635 g/mol. The number of likely N-dealkylation sites (tertiary alicyclic amines) is 2. The van der Waals surface area contributed by atoms with Crippen LogP contribution in [0.3, 0.4) is 0 Å². The Morgan fingerprint density at radius 1 is 1.04 bits per heavy atom. The first-order valence-corrected chi connectivity index (χ1v) is 16.2. The molecule has 12 nitrogen and oxygen atoms in total. The third kappa shape index (κ3) is 8.55. The molecule has 0 spiro atoms. The Bertz CT molecular complexity index is 1420. The fourth-order valence-corrected chi connectivity index (χ4v) is 6.35. The zero-order chi connectivity index (χ0) is 32.8. The highest BCUT2D eigenvalue weighted by Gasteiger charge is 2.37. The molecule has 0 aromatic heterocycles. The number of ether oxygens (including phenoxy) is 3. The number of benzene rings is 2. The summed E-state index contributed by atoms with van der Waals surface area (Å²) >= 11 is 0. The van der Waals surface area contributed by atoms with Crippen molar-refractivity contribution < 1.29 is 33.4 Å². The second-order valence-electron chi connectivity index (χ2n) is 12.5. The van der Waals surface area contributed by atoms with Crippen LogP contribution in [-0.2, 0) is 25.7 Å². The second-order valence-corrected chi connectivity index (χ2v) is 12.5. The van der Waals surface area contributed by atoms with Crippen LogP contribution in [0, 0.1) is 5.92 Å². The summed E-state index contributed by atoms with van der Waals surface area (Å²) in [6.45, 7) is 8.36. The average molecular weight is 636 g/mol. The summed E-state index contributed by atoms with van der Waals surface area (Å²) < 4.78 is 18.5. The largest absolute Gasteiger partial charge is 0.491 e. The smallest absolute Gasteiger partial charge is 0.254 e. The Morgan fingerprint density at radius 2 is 1.83 bits per heavy atom. The molecule has 0 saturated carbocycles. The molecule has 2 fully saturated rings. The fourth-order valence-electron chi connectivity index (χ4n) is 6.35. The molecule has 4 bridgehead atoms. The van der Waals surface area contributed by atoms with Crippen molar-refractivity contribution in [2.75, 3.05) is 45.8 Å². The molecule has 0 radical (unpaired) electrons. The molecular formula is C34H45N5O7. The van der Waals surface area contributed by atoms with Crippen LogP contribution in [0.4, 0.5) is 0 Å². The maximum absolute atomic E-state index is 13.7. The molecule has 2 aromatic rings. The SMILES string of the molecule is CCN1CC(=O)N[C@H]2CN(C(=O)C3CCN(CC(N)=O)CC3)CC[C@@H]2OCc2cccc(c2)Oc2cc(OC(C)C)cc(c2)C1=O. The van der Waals surface area contributed by atoms with E-state index in [1.165, 1.54) is 4.90 Å². The minimum absolute atomic E-state index is 0.0491. The van der Waals surface area contributed by atoms with Gasteiger partial charge in [-0.2, -0.15) is 0 Å². The number of rotatable bonds is 6. The minimum atomic E-state index is -0.462. The molecule has 0 unspecified atom stereocenters.